The number of halogens is 3. The predicted molar refractivity (Wildman–Crippen MR) is 85.1 cm³/mol. The smallest absolute Gasteiger partial charge is 0.433 e. The number of amides is 1. The maximum atomic E-state index is 12.7. The van der Waals surface area contributed by atoms with Crippen LogP contribution >= 0.6 is 0 Å². The molecule has 1 amide bonds. The van der Waals surface area contributed by atoms with Gasteiger partial charge in [0.05, 0.1) is 12.6 Å². The molecule has 3 heterocycles. The predicted octanol–water partition coefficient (Wildman–Crippen LogP) is 2.47. The second-order valence-electron chi connectivity index (χ2n) is 6.60. The van der Waals surface area contributed by atoms with E-state index in [0.29, 0.717) is 6.61 Å². The van der Waals surface area contributed by atoms with Gasteiger partial charge in [0.2, 0.25) is 11.8 Å². The van der Waals surface area contributed by atoms with Crippen LogP contribution in [0.3, 0.4) is 0 Å². The van der Waals surface area contributed by atoms with Crippen molar-refractivity contribution in [3.8, 4) is 5.88 Å². The van der Waals surface area contributed by atoms with Crippen LogP contribution in [-0.2, 0) is 11.0 Å². The average Bonchev–Trinajstić information content (AvgIpc) is 2.60. The number of piperidine rings is 2. The zero-order valence-electron chi connectivity index (χ0n) is 13.9. The Hall–Kier alpha value is -1.83. The Bertz CT molecular complexity index is 601. The number of ether oxygens (including phenoxy) is 1. The number of carbonyl (C=O) groups excluding carboxylic acids is 1. The van der Waals surface area contributed by atoms with Gasteiger partial charge >= 0.3 is 6.18 Å². The first-order valence-electron chi connectivity index (χ1n) is 8.62. The van der Waals surface area contributed by atoms with Gasteiger partial charge in [-0.25, -0.2) is 4.98 Å². The number of nitrogens with one attached hydrogen (secondary N) is 1. The highest BCUT2D eigenvalue weighted by Crippen LogP contribution is 2.29. The third kappa shape index (κ3) is 4.62. The topological polar surface area (TPSA) is 54.5 Å². The zero-order valence-corrected chi connectivity index (χ0v) is 13.9. The van der Waals surface area contributed by atoms with Gasteiger partial charge in [-0.2, -0.15) is 13.2 Å². The summed E-state index contributed by atoms with van der Waals surface area (Å²) in [6.45, 7) is 2.72. The number of nitrogens with zero attached hydrogens (tertiary/aromatic N) is 2. The molecule has 25 heavy (non-hydrogen) atoms. The summed E-state index contributed by atoms with van der Waals surface area (Å²) < 4.78 is 43.4. The average molecular weight is 357 g/mol. The van der Waals surface area contributed by atoms with Crippen LogP contribution in [0.15, 0.2) is 18.2 Å². The van der Waals surface area contributed by atoms with Crippen LogP contribution in [-0.4, -0.2) is 48.1 Å². The van der Waals surface area contributed by atoms with Crippen LogP contribution in [0, 0.1) is 5.92 Å². The Labute approximate surface area is 144 Å². The van der Waals surface area contributed by atoms with E-state index >= 15 is 0 Å². The van der Waals surface area contributed by atoms with Gasteiger partial charge in [0.15, 0.2) is 0 Å². The highest BCUT2D eigenvalue weighted by atomic mass is 19.4. The molecule has 1 aromatic heterocycles. The van der Waals surface area contributed by atoms with Crippen molar-refractivity contribution < 1.29 is 22.7 Å². The molecule has 2 aliphatic rings. The number of aromatic nitrogens is 1. The van der Waals surface area contributed by atoms with Gasteiger partial charge in [-0.3, -0.25) is 9.69 Å². The van der Waals surface area contributed by atoms with Crippen LogP contribution in [0.5, 0.6) is 5.88 Å². The van der Waals surface area contributed by atoms with Gasteiger partial charge in [0.1, 0.15) is 5.69 Å². The Kier molecular flexibility index (Phi) is 5.46. The van der Waals surface area contributed by atoms with Gasteiger partial charge in [-0.05, 0) is 50.8 Å². The molecule has 1 aromatic rings. The van der Waals surface area contributed by atoms with Crippen molar-refractivity contribution in [2.45, 2.75) is 37.9 Å². The molecule has 8 heteroatoms. The van der Waals surface area contributed by atoms with E-state index in [1.54, 1.807) is 0 Å². The Morgan fingerprint density at radius 2 is 2.00 bits per heavy atom. The summed E-state index contributed by atoms with van der Waals surface area (Å²) >= 11 is 0. The quantitative estimate of drug-likeness (QED) is 0.900. The van der Waals surface area contributed by atoms with Gasteiger partial charge in [-0.1, -0.05) is 6.07 Å². The summed E-state index contributed by atoms with van der Waals surface area (Å²) in [5.41, 5.74) is -0.942. The second kappa shape index (κ2) is 7.59. The fraction of sp³-hybridized carbons (Fsp3) is 0.647. The van der Waals surface area contributed by atoms with Crippen LogP contribution in [0.4, 0.5) is 13.2 Å². The fourth-order valence-corrected chi connectivity index (χ4v) is 3.39. The lowest BCUT2D eigenvalue weighted by molar-refractivity contribution is -0.141. The number of likely N-dealkylation sites (tertiary alicyclic amines) is 1. The number of pyridine rings is 1. The lowest BCUT2D eigenvalue weighted by Crippen LogP contribution is -2.52. The van der Waals surface area contributed by atoms with Crippen LogP contribution < -0.4 is 10.1 Å². The molecular weight excluding hydrogens is 335 g/mol. The lowest BCUT2D eigenvalue weighted by atomic mass is 9.94. The number of rotatable bonds is 4. The van der Waals surface area contributed by atoms with Crippen molar-refractivity contribution in [3.05, 3.63) is 23.9 Å². The Morgan fingerprint density at radius 3 is 2.68 bits per heavy atom. The van der Waals surface area contributed by atoms with Crippen molar-refractivity contribution in [3.63, 3.8) is 0 Å². The second-order valence-corrected chi connectivity index (χ2v) is 6.60. The van der Waals surface area contributed by atoms with E-state index in [1.165, 1.54) is 12.1 Å². The molecule has 0 radical (unpaired) electrons. The molecule has 1 N–H and O–H groups in total. The number of alkyl halides is 3. The van der Waals surface area contributed by atoms with Gasteiger partial charge in [0.25, 0.3) is 0 Å². The molecule has 1 unspecified atom stereocenters. The van der Waals surface area contributed by atoms with E-state index in [-0.39, 0.29) is 23.7 Å². The van der Waals surface area contributed by atoms with Gasteiger partial charge in [-0.15, -0.1) is 0 Å². The lowest BCUT2D eigenvalue weighted by Gasteiger charge is -2.38. The van der Waals surface area contributed by atoms with Gasteiger partial charge < -0.3 is 10.1 Å². The van der Waals surface area contributed by atoms with E-state index in [1.807, 2.05) is 0 Å². The molecule has 2 fully saturated rings. The number of carbonyl (C=O) groups is 1. The van der Waals surface area contributed by atoms with E-state index in [4.69, 9.17) is 4.74 Å². The van der Waals surface area contributed by atoms with Crippen molar-refractivity contribution in [1.82, 2.24) is 15.2 Å². The first kappa shape index (κ1) is 18.0. The standard InChI is InChI=1S/C17H22F3N3O2/c18-17(19,20)14-4-1-5-15(22-14)25-11-12-6-9-23(10-7-12)13-3-2-8-21-16(13)24/h1,4-5,12-13H,2-3,6-11H2,(H,21,24). The van der Waals surface area contributed by atoms with Crippen LogP contribution in [0.2, 0.25) is 0 Å². The minimum Gasteiger partial charge on any atom is -0.477 e. The molecule has 138 valence electrons. The molecule has 0 aromatic carbocycles. The minimum absolute atomic E-state index is 0.00362. The zero-order chi connectivity index (χ0) is 17.9. The fourth-order valence-electron chi connectivity index (χ4n) is 3.39. The SMILES string of the molecule is O=C1NCCCC1N1CCC(COc2cccc(C(F)(F)F)n2)CC1. The van der Waals surface area contributed by atoms with E-state index < -0.39 is 11.9 Å². The number of hydrogen-bond donors (Lipinski definition) is 1. The third-order valence-corrected chi connectivity index (χ3v) is 4.83. The maximum absolute atomic E-state index is 12.7. The molecule has 0 aliphatic carbocycles. The monoisotopic (exact) mass is 357 g/mol. The molecule has 2 aliphatic heterocycles. The highest BCUT2D eigenvalue weighted by molar-refractivity contribution is 5.82. The molecule has 0 saturated carbocycles. The molecule has 3 rings (SSSR count). The molecule has 0 bridgehead atoms. The first-order valence-corrected chi connectivity index (χ1v) is 8.62. The summed E-state index contributed by atoms with van der Waals surface area (Å²) in [7, 11) is 0. The summed E-state index contributed by atoms with van der Waals surface area (Å²) in [5, 5.41) is 2.90. The van der Waals surface area contributed by atoms with Crippen LogP contribution in [0.1, 0.15) is 31.4 Å². The number of hydrogen-bond acceptors (Lipinski definition) is 4. The van der Waals surface area contributed by atoms with Crippen molar-refractivity contribution >= 4 is 5.91 Å². The molecule has 0 spiro atoms. The summed E-state index contributed by atoms with van der Waals surface area (Å²) in [6, 6.07) is 3.63. The van der Waals surface area contributed by atoms with E-state index in [0.717, 1.165) is 51.4 Å². The third-order valence-electron chi connectivity index (χ3n) is 4.83. The summed E-state index contributed by atoms with van der Waals surface area (Å²) in [5.74, 6) is 0.372. The largest absolute Gasteiger partial charge is 0.477 e. The van der Waals surface area contributed by atoms with E-state index in [2.05, 4.69) is 15.2 Å². The summed E-state index contributed by atoms with van der Waals surface area (Å²) in [6.07, 6.45) is -0.849. The molecule has 2 saturated heterocycles. The Morgan fingerprint density at radius 1 is 1.24 bits per heavy atom. The summed E-state index contributed by atoms with van der Waals surface area (Å²) in [4.78, 5) is 17.6. The van der Waals surface area contributed by atoms with E-state index in [9.17, 15) is 18.0 Å². The normalized spacial score (nSPS) is 23.3. The molecular formula is C17H22F3N3O2. The molecule has 5 nitrogen and oxygen atoms in total. The maximum Gasteiger partial charge on any atom is 0.433 e. The first-order chi connectivity index (χ1) is 11.9. The minimum atomic E-state index is -4.47. The van der Waals surface area contributed by atoms with Crippen molar-refractivity contribution in [1.29, 1.82) is 0 Å². The van der Waals surface area contributed by atoms with Gasteiger partial charge in [0, 0.05) is 12.6 Å². The Balaban J connectivity index is 1.47. The molecule has 1 atom stereocenters. The van der Waals surface area contributed by atoms with Crippen molar-refractivity contribution in [2.24, 2.45) is 5.92 Å². The van der Waals surface area contributed by atoms with Crippen LogP contribution in [0.25, 0.3) is 0 Å². The highest BCUT2D eigenvalue weighted by Gasteiger charge is 2.33. The van der Waals surface area contributed by atoms with Crippen molar-refractivity contribution in [2.75, 3.05) is 26.2 Å².